The fourth-order valence-electron chi connectivity index (χ4n) is 20.0. The number of carboxylic acid groups (broad SMARTS) is 1. The number of rotatable bonds is 14. The standard InChI is InChI=1S/C31H48O6.C26H34ClFO5.C21H25N.ClH.Na/c1-17(2)9-8-10-20(28(35)36)26-22-15-24(34)27-29(5)13-12-23(33)18(3)21(29)11-14-30(27,6)31(22,7)16-25(26)37-19(4)32;1-5-6-22(32)33-26(21(31)14-27)15(2)11-19-18-8-7-16-12-17(29)9-10-23(16,3)25(18,28)20(30)13-24(19,26)4;1-21(2,3)15-8-5-9-16-22(4)17-19-13-10-12-18-11-6-7-14-20(18)19;;/h9,18,21-25,27,33-34H,8,10-16H2,1-7H3,(H,35,36);9-10,12,15,18-20,30H,5-8,11,13-14H2,1-4H3;5-7,9-14H,16-17H2,1-4H3;1H;/q;;;;+1/p-1/b26-20-;;9-5+;;/t18-,21-,22-,23+,24+,25-,27-,29-,30-,31-;15-,18-,19-,20-,23-,24-,25-,26-;;;/m00.../s1. The van der Waals surface area contributed by atoms with E-state index in [9.17, 15) is 44.4 Å². The number of carbonyl (C=O) groups excluding carboxylic acids is 5. The van der Waals surface area contributed by atoms with E-state index < -0.39 is 64.2 Å². The minimum atomic E-state index is -1.99. The number of benzene rings is 2. The van der Waals surface area contributed by atoms with Gasteiger partial charge >= 0.3 is 41.5 Å². The third kappa shape index (κ3) is 14.6. The summed E-state index contributed by atoms with van der Waals surface area (Å²) in [6.07, 6.45) is 15.4. The molecule has 16 heteroatoms. The molecule has 0 unspecified atom stereocenters. The van der Waals surface area contributed by atoms with Crippen LogP contribution in [0.2, 0.25) is 0 Å². The van der Waals surface area contributed by atoms with E-state index in [1.807, 2.05) is 46.8 Å². The number of nitrogens with zero attached hydrogens (tertiary/aromatic N) is 1. The molecule has 7 saturated carbocycles. The second-order valence-corrected chi connectivity index (χ2v) is 31.6. The van der Waals surface area contributed by atoms with Gasteiger partial charge in [0, 0.05) is 54.5 Å². The fourth-order valence-corrected chi connectivity index (χ4v) is 20.2. The maximum Gasteiger partial charge on any atom is 1.00 e. The maximum atomic E-state index is 17.2. The molecule has 0 saturated heterocycles. The van der Waals surface area contributed by atoms with Gasteiger partial charge in [0.25, 0.3) is 0 Å². The summed E-state index contributed by atoms with van der Waals surface area (Å²) in [4.78, 5) is 65.0. The van der Waals surface area contributed by atoms with Crippen molar-refractivity contribution >= 4 is 64.3 Å². The molecule has 2 aromatic carbocycles. The molecule has 0 radical (unpaired) electrons. The third-order valence-electron chi connectivity index (χ3n) is 24.4. The van der Waals surface area contributed by atoms with Crippen molar-refractivity contribution in [2.24, 2.45) is 73.9 Å². The van der Waals surface area contributed by atoms with Crippen LogP contribution in [0, 0.1) is 85.8 Å². The summed E-state index contributed by atoms with van der Waals surface area (Å²) in [6, 6.07) is 15.1. The Morgan fingerprint density at radius 2 is 1.55 bits per heavy atom. The maximum absolute atomic E-state index is 17.2. The van der Waals surface area contributed by atoms with Crippen molar-refractivity contribution < 1.29 is 87.8 Å². The van der Waals surface area contributed by atoms with Crippen molar-refractivity contribution in [3.8, 4) is 11.8 Å². The number of hydrogen-bond donors (Lipinski definition) is 3. The molecule has 8 aliphatic rings. The van der Waals surface area contributed by atoms with Crippen LogP contribution in [0.1, 0.15) is 192 Å². The van der Waals surface area contributed by atoms with Crippen molar-refractivity contribution in [3.63, 3.8) is 0 Å². The molecular weight excluding hydrogens is 1240 g/mol. The monoisotopic (exact) mass is 1350 g/mol. The average Bonchev–Trinajstić information content (AvgIpc) is 1.37. The van der Waals surface area contributed by atoms with E-state index in [0.29, 0.717) is 68.4 Å². The van der Waals surface area contributed by atoms with Crippen molar-refractivity contribution in [2.45, 2.75) is 229 Å². The number of allylic oxidation sites excluding steroid dienone is 7. The number of carbonyl (C=O) groups is 5. The number of halogens is 3. The number of ketones is 2. The molecule has 512 valence electrons. The second kappa shape index (κ2) is 30.7. The summed E-state index contributed by atoms with van der Waals surface area (Å²) in [5.74, 6) is 2.56. The summed E-state index contributed by atoms with van der Waals surface area (Å²) >= 11 is 6.04. The molecule has 0 aliphatic heterocycles. The molecule has 0 amide bonds. The Morgan fingerprint density at radius 1 is 0.872 bits per heavy atom. The van der Waals surface area contributed by atoms with Gasteiger partial charge in [0.2, 0.25) is 0 Å². The van der Waals surface area contributed by atoms with Crippen molar-refractivity contribution in [2.75, 3.05) is 19.5 Å². The van der Waals surface area contributed by atoms with Crippen LogP contribution >= 0.6 is 24.0 Å². The molecule has 8 aliphatic carbocycles. The van der Waals surface area contributed by atoms with Gasteiger partial charge in [-0.1, -0.05) is 132 Å². The SMILES string of the molecule is CC(=O)O[C@H]1C[C@@]2(C)[C@@H](C[C@@H](O)[C@H]3[C@@]4(C)CC[C@@H](O)[C@@H](C)[C@@H]4CC[C@@]32C)/C1=C(\CCC=C(C)C)C(=O)[O-].CCCC(=O)O[C@]1(C(=O)CCl)[C@@H](C)C[C@H]2[C@@H]3CCC4=CC(=O)C=C[C@]4(C)[C@@]3(F)[C@@H](O)C[C@@]21C.CN(C/C=C/C#CC(C)(C)C)Cc1cccc2ccccc12.Cl.[Na+]. The Labute approximate surface area is 593 Å². The number of hydrogen-bond acceptors (Lipinski definition) is 12. The molecule has 94 heavy (non-hydrogen) atoms. The number of carboxylic acids is 1. The quantitative estimate of drug-likeness (QED) is 0.0406. The van der Waals surface area contributed by atoms with Crippen LogP contribution in [0.5, 0.6) is 0 Å². The topological polar surface area (TPSA) is 191 Å². The first-order valence-corrected chi connectivity index (χ1v) is 34.6. The van der Waals surface area contributed by atoms with Crippen LogP contribution in [0.15, 0.2) is 101 Å². The molecule has 0 aromatic heterocycles. The number of aliphatic hydroxyl groups excluding tert-OH is 3. The zero-order valence-electron chi connectivity index (χ0n) is 59.1. The van der Waals surface area contributed by atoms with Crippen molar-refractivity contribution in [1.82, 2.24) is 4.90 Å². The van der Waals surface area contributed by atoms with E-state index in [-0.39, 0.29) is 135 Å². The molecule has 10 rings (SSSR count). The fraction of sp³-hybridized carbons (Fsp3) is 0.654. The summed E-state index contributed by atoms with van der Waals surface area (Å²) < 4.78 is 29.1. The summed E-state index contributed by atoms with van der Waals surface area (Å²) in [7, 11) is 2.14. The van der Waals surface area contributed by atoms with E-state index in [1.54, 1.807) is 13.0 Å². The first-order chi connectivity index (χ1) is 43.0. The van der Waals surface area contributed by atoms with Crippen molar-refractivity contribution in [1.29, 1.82) is 0 Å². The van der Waals surface area contributed by atoms with Gasteiger partial charge in [0.15, 0.2) is 22.8 Å². The molecule has 0 heterocycles. The molecular formula is C78H107Cl2FNNaO11. The molecule has 3 N–H and O–H groups in total. The Hall–Kier alpha value is -3.94. The van der Waals surface area contributed by atoms with E-state index in [1.165, 1.54) is 35.4 Å². The van der Waals surface area contributed by atoms with Crippen LogP contribution in [0.25, 0.3) is 10.8 Å². The van der Waals surface area contributed by atoms with Crippen LogP contribution in [0.3, 0.4) is 0 Å². The smallest absolute Gasteiger partial charge is 0.545 e. The molecule has 0 bridgehead atoms. The van der Waals surface area contributed by atoms with Crippen molar-refractivity contribution in [3.05, 3.63) is 107 Å². The first-order valence-electron chi connectivity index (χ1n) is 34.1. The van der Waals surface area contributed by atoms with E-state index >= 15 is 4.39 Å². The van der Waals surface area contributed by atoms with Crippen LogP contribution in [-0.2, 0) is 40.0 Å². The van der Waals surface area contributed by atoms with Gasteiger partial charge in [0.1, 0.15) is 6.10 Å². The Kier molecular flexibility index (Phi) is 25.8. The number of esters is 2. The normalized spacial score (nSPS) is 37.2. The second-order valence-electron chi connectivity index (χ2n) is 31.3. The molecule has 2 aromatic rings. The number of aliphatic hydroxyl groups is 3. The first kappa shape index (κ1) is 79.0. The summed E-state index contributed by atoms with van der Waals surface area (Å²) in [5.41, 5.74) is -2.08. The zero-order chi connectivity index (χ0) is 67.9. The molecule has 12 nitrogen and oxygen atoms in total. The number of ether oxygens (including phenoxy) is 2. The van der Waals surface area contributed by atoms with E-state index in [4.69, 9.17) is 21.1 Å². The number of aliphatic carboxylic acids is 1. The van der Waals surface area contributed by atoms with Gasteiger partial charge in [-0.05, 0) is 224 Å². The molecule has 18 atom stereocenters. The van der Waals surface area contributed by atoms with Gasteiger partial charge in [-0.2, -0.15) is 0 Å². The van der Waals surface area contributed by atoms with E-state index in [2.05, 4.69) is 121 Å². The Morgan fingerprint density at radius 3 is 2.19 bits per heavy atom. The number of alkyl halides is 2. The molecule has 0 spiro atoms. The summed E-state index contributed by atoms with van der Waals surface area (Å²) in [5, 5.41) is 49.1. The third-order valence-corrected chi connectivity index (χ3v) is 24.6. The van der Waals surface area contributed by atoms with E-state index in [0.717, 1.165) is 44.3 Å². The Bertz CT molecular complexity index is 3350. The zero-order valence-corrected chi connectivity index (χ0v) is 62.7. The predicted octanol–water partition coefficient (Wildman–Crippen LogP) is 11.1. The minimum absolute atomic E-state index is 0. The average molecular weight is 1350 g/mol. The van der Waals surface area contributed by atoms with Crippen LogP contribution < -0.4 is 34.7 Å². The number of fused-ring (bicyclic) bond motifs is 11. The summed E-state index contributed by atoms with van der Waals surface area (Å²) in [6.45, 7) is 29.9. The van der Waals surface area contributed by atoms with Crippen LogP contribution in [-0.4, -0.2) is 105 Å². The minimum Gasteiger partial charge on any atom is -0.545 e. The largest absolute Gasteiger partial charge is 1.00 e. The van der Waals surface area contributed by atoms with Gasteiger partial charge in [-0.15, -0.1) is 24.0 Å². The van der Waals surface area contributed by atoms with Gasteiger partial charge in [0.05, 0.1) is 30.2 Å². The van der Waals surface area contributed by atoms with Gasteiger partial charge in [-0.25, -0.2) is 4.39 Å². The van der Waals surface area contributed by atoms with Crippen LogP contribution in [0.4, 0.5) is 4.39 Å². The number of likely N-dealkylation sites (N-methyl/N-ethyl adjacent to an activating group) is 1. The van der Waals surface area contributed by atoms with Gasteiger partial charge in [-0.3, -0.25) is 24.1 Å². The molecule has 7 fully saturated rings. The number of Topliss-reactive ketones (excluding diaryl/α,β-unsaturated/α-hetero) is 1. The Balaban J connectivity index is 0.000000228. The predicted molar refractivity (Wildman–Crippen MR) is 366 cm³/mol. The van der Waals surface area contributed by atoms with Gasteiger partial charge < -0.3 is 34.7 Å².